The summed E-state index contributed by atoms with van der Waals surface area (Å²) < 4.78 is 13.3. The average Bonchev–Trinajstić information content (AvgIpc) is 2.34. The SMILES string of the molecule is Ic1ccc(OCOc2ccc(I)cc2)cc1. The van der Waals surface area contributed by atoms with E-state index >= 15 is 0 Å². The van der Waals surface area contributed by atoms with Crippen molar-refractivity contribution >= 4 is 45.2 Å². The van der Waals surface area contributed by atoms with Crippen molar-refractivity contribution in [3.63, 3.8) is 0 Å². The van der Waals surface area contributed by atoms with Gasteiger partial charge in [0.1, 0.15) is 11.5 Å². The molecule has 0 aliphatic heterocycles. The van der Waals surface area contributed by atoms with Crippen molar-refractivity contribution in [2.75, 3.05) is 6.79 Å². The van der Waals surface area contributed by atoms with Crippen LogP contribution in [0.2, 0.25) is 0 Å². The van der Waals surface area contributed by atoms with E-state index in [1.165, 1.54) is 7.14 Å². The number of ether oxygens (including phenoxy) is 2. The molecule has 4 heteroatoms. The quantitative estimate of drug-likeness (QED) is 0.509. The van der Waals surface area contributed by atoms with E-state index in [9.17, 15) is 0 Å². The Hall–Kier alpha value is -0.500. The van der Waals surface area contributed by atoms with E-state index in [0.29, 0.717) is 0 Å². The molecule has 2 aromatic carbocycles. The van der Waals surface area contributed by atoms with Gasteiger partial charge in [0.25, 0.3) is 0 Å². The molecule has 0 fully saturated rings. The first-order valence-corrected chi connectivity index (χ1v) is 7.16. The molecule has 2 rings (SSSR count). The molecule has 0 amide bonds. The molecule has 0 atom stereocenters. The van der Waals surface area contributed by atoms with Gasteiger partial charge in [0.15, 0.2) is 0 Å². The first-order valence-electron chi connectivity index (χ1n) is 5.01. The third kappa shape index (κ3) is 4.34. The fourth-order valence-corrected chi connectivity index (χ4v) is 1.95. The molecule has 17 heavy (non-hydrogen) atoms. The maximum Gasteiger partial charge on any atom is 0.230 e. The molecule has 0 bridgehead atoms. The minimum absolute atomic E-state index is 0.223. The third-order valence-corrected chi connectivity index (χ3v) is 3.52. The number of halogens is 2. The fraction of sp³-hybridized carbons (Fsp3) is 0.0769. The van der Waals surface area contributed by atoms with Gasteiger partial charge in [-0.15, -0.1) is 0 Å². The van der Waals surface area contributed by atoms with E-state index in [1.807, 2.05) is 48.5 Å². The minimum Gasteiger partial charge on any atom is -0.458 e. The van der Waals surface area contributed by atoms with Crippen molar-refractivity contribution in [3.05, 3.63) is 55.7 Å². The first-order chi connectivity index (χ1) is 8.24. The second-order valence-electron chi connectivity index (χ2n) is 3.31. The molecule has 0 saturated heterocycles. The Morgan fingerprint density at radius 2 is 1.00 bits per heavy atom. The summed E-state index contributed by atoms with van der Waals surface area (Å²) in [5, 5.41) is 0. The lowest BCUT2D eigenvalue weighted by molar-refractivity contribution is 0.120. The Kier molecular flexibility index (Phi) is 4.90. The highest BCUT2D eigenvalue weighted by Crippen LogP contribution is 2.16. The predicted octanol–water partition coefficient (Wildman–Crippen LogP) is 4.31. The van der Waals surface area contributed by atoms with Gasteiger partial charge in [-0.1, -0.05) is 0 Å². The van der Waals surface area contributed by atoms with Crippen molar-refractivity contribution in [2.24, 2.45) is 0 Å². The van der Waals surface area contributed by atoms with Gasteiger partial charge in [-0.2, -0.15) is 0 Å². The lowest BCUT2D eigenvalue weighted by atomic mass is 10.3. The number of rotatable bonds is 4. The normalized spacial score (nSPS) is 10.0. The monoisotopic (exact) mass is 452 g/mol. The van der Waals surface area contributed by atoms with Crippen LogP contribution in [0.3, 0.4) is 0 Å². The van der Waals surface area contributed by atoms with Crippen LogP contribution in [0, 0.1) is 7.14 Å². The molecule has 0 unspecified atom stereocenters. The molecule has 2 nitrogen and oxygen atoms in total. The van der Waals surface area contributed by atoms with Gasteiger partial charge >= 0.3 is 0 Å². The van der Waals surface area contributed by atoms with Gasteiger partial charge in [0.2, 0.25) is 6.79 Å². The minimum atomic E-state index is 0.223. The molecule has 0 aliphatic carbocycles. The van der Waals surface area contributed by atoms with Gasteiger partial charge < -0.3 is 9.47 Å². The summed E-state index contributed by atoms with van der Waals surface area (Å²) in [6.07, 6.45) is 0. The first kappa shape index (κ1) is 12.9. The zero-order chi connectivity index (χ0) is 12.1. The van der Waals surface area contributed by atoms with Crippen LogP contribution < -0.4 is 9.47 Å². The van der Waals surface area contributed by atoms with Crippen molar-refractivity contribution < 1.29 is 9.47 Å². The molecule has 0 radical (unpaired) electrons. The Morgan fingerprint density at radius 3 is 1.35 bits per heavy atom. The summed E-state index contributed by atoms with van der Waals surface area (Å²) in [6.45, 7) is 0.223. The van der Waals surface area contributed by atoms with Crippen LogP contribution in [0.1, 0.15) is 0 Å². The van der Waals surface area contributed by atoms with Crippen LogP contribution in [-0.4, -0.2) is 6.79 Å². The van der Waals surface area contributed by atoms with Crippen molar-refractivity contribution in [2.45, 2.75) is 0 Å². The lowest BCUT2D eigenvalue weighted by Gasteiger charge is -2.08. The molecule has 0 spiro atoms. The maximum absolute atomic E-state index is 5.47. The number of hydrogen-bond donors (Lipinski definition) is 0. The highest BCUT2D eigenvalue weighted by molar-refractivity contribution is 14.1. The standard InChI is InChI=1S/C13H10I2O2/c14-10-1-5-12(6-2-10)16-9-17-13-7-3-11(15)4-8-13/h1-8H,9H2. The van der Waals surface area contributed by atoms with Crippen molar-refractivity contribution in [3.8, 4) is 11.5 Å². The van der Waals surface area contributed by atoms with Gasteiger partial charge in [-0.25, -0.2) is 0 Å². The highest BCUT2D eigenvalue weighted by atomic mass is 127. The van der Waals surface area contributed by atoms with Crippen molar-refractivity contribution in [1.82, 2.24) is 0 Å². The van der Waals surface area contributed by atoms with Crippen LogP contribution in [0.15, 0.2) is 48.5 Å². The van der Waals surface area contributed by atoms with Crippen LogP contribution in [0.25, 0.3) is 0 Å². The van der Waals surface area contributed by atoms with Crippen LogP contribution in [-0.2, 0) is 0 Å². The molecule has 0 aliphatic rings. The molecule has 0 saturated carbocycles. The van der Waals surface area contributed by atoms with Gasteiger partial charge in [0.05, 0.1) is 0 Å². The van der Waals surface area contributed by atoms with Gasteiger partial charge in [-0.05, 0) is 93.7 Å². The second-order valence-corrected chi connectivity index (χ2v) is 5.81. The van der Waals surface area contributed by atoms with Crippen LogP contribution in [0.4, 0.5) is 0 Å². The van der Waals surface area contributed by atoms with Crippen molar-refractivity contribution in [1.29, 1.82) is 0 Å². The Bertz CT molecular complexity index is 420. The average molecular weight is 452 g/mol. The summed E-state index contributed by atoms with van der Waals surface area (Å²) in [5.74, 6) is 1.63. The summed E-state index contributed by atoms with van der Waals surface area (Å²) in [6, 6.07) is 15.7. The smallest absolute Gasteiger partial charge is 0.230 e. The fourth-order valence-electron chi connectivity index (χ4n) is 1.23. The Labute approximate surface area is 128 Å². The van der Waals surface area contributed by atoms with E-state index in [0.717, 1.165) is 11.5 Å². The summed E-state index contributed by atoms with van der Waals surface area (Å²) in [7, 11) is 0. The Balaban J connectivity index is 1.83. The van der Waals surface area contributed by atoms with Gasteiger partial charge in [0, 0.05) is 7.14 Å². The molecule has 0 heterocycles. The summed E-state index contributed by atoms with van der Waals surface area (Å²) in [5.41, 5.74) is 0. The van der Waals surface area contributed by atoms with E-state index in [1.54, 1.807) is 0 Å². The maximum atomic E-state index is 5.47. The highest BCUT2D eigenvalue weighted by Gasteiger charge is 1.95. The molecular formula is C13H10I2O2. The van der Waals surface area contributed by atoms with E-state index in [-0.39, 0.29) is 6.79 Å². The van der Waals surface area contributed by atoms with E-state index in [4.69, 9.17) is 9.47 Å². The predicted molar refractivity (Wildman–Crippen MR) is 84.4 cm³/mol. The van der Waals surface area contributed by atoms with Crippen LogP contribution in [0.5, 0.6) is 11.5 Å². The largest absolute Gasteiger partial charge is 0.458 e. The topological polar surface area (TPSA) is 18.5 Å². The number of hydrogen-bond acceptors (Lipinski definition) is 2. The molecule has 0 N–H and O–H groups in total. The summed E-state index contributed by atoms with van der Waals surface area (Å²) >= 11 is 4.52. The summed E-state index contributed by atoms with van der Waals surface area (Å²) in [4.78, 5) is 0. The van der Waals surface area contributed by atoms with Gasteiger partial charge in [-0.3, -0.25) is 0 Å². The number of benzene rings is 2. The molecule has 2 aromatic rings. The lowest BCUT2D eigenvalue weighted by Crippen LogP contribution is -2.05. The van der Waals surface area contributed by atoms with E-state index < -0.39 is 0 Å². The Morgan fingerprint density at radius 1 is 0.647 bits per heavy atom. The zero-order valence-electron chi connectivity index (χ0n) is 8.90. The molecule has 0 aromatic heterocycles. The zero-order valence-corrected chi connectivity index (χ0v) is 13.2. The third-order valence-electron chi connectivity index (χ3n) is 2.08. The molecular weight excluding hydrogens is 442 g/mol. The van der Waals surface area contributed by atoms with Crippen LogP contribution >= 0.6 is 45.2 Å². The second kappa shape index (κ2) is 6.44. The van der Waals surface area contributed by atoms with E-state index in [2.05, 4.69) is 45.2 Å². The molecule has 88 valence electrons.